The molecule has 0 aliphatic carbocycles. The van der Waals surface area contributed by atoms with Gasteiger partial charge in [0.15, 0.2) is 0 Å². The number of anilines is 1. The van der Waals surface area contributed by atoms with E-state index < -0.39 is 5.60 Å². The number of ether oxygens (including phenoxy) is 1. The van der Waals surface area contributed by atoms with Gasteiger partial charge in [-0.25, -0.2) is 0 Å². The van der Waals surface area contributed by atoms with E-state index >= 15 is 0 Å². The molecule has 0 amide bonds. The lowest BCUT2D eigenvalue weighted by atomic mass is 10.0. The molecule has 2 aromatic heterocycles. The molecule has 3 heterocycles. The first-order valence-corrected chi connectivity index (χ1v) is 7.21. The summed E-state index contributed by atoms with van der Waals surface area (Å²) in [7, 11) is 0. The van der Waals surface area contributed by atoms with Crippen molar-refractivity contribution in [1.82, 2.24) is 9.55 Å². The summed E-state index contributed by atoms with van der Waals surface area (Å²) in [5, 5.41) is 0. The summed E-state index contributed by atoms with van der Waals surface area (Å²) >= 11 is 3.37. The molecule has 21 heavy (non-hydrogen) atoms. The summed E-state index contributed by atoms with van der Waals surface area (Å²) in [6.45, 7) is 3.87. The first kappa shape index (κ1) is 13.9. The van der Waals surface area contributed by atoms with Crippen LogP contribution in [0.25, 0.3) is 5.70 Å². The van der Waals surface area contributed by atoms with E-state index in [2.05, 4.69) is 20.9 Å². The fourth-order valence-corrected chi connectivity index (χ4v) is 2.78. The molecule has 0 saturated heterocycles. The van der Waals surface area contributed by atoms with E-state index in [1.165, 1.54) is 4.57 Å². The van der Waals surface area contributed by atoms with Crippen LogP contribution in [0.3, 0.4) is 0 Å². The van der Waals surface area contributed by atoms with E-state index in [9.17, 15) is 4.79 Å². The van der Waals surface area contributed by atoms with Gasteiger partial charge in [-0.05, 0) is 48.0 Å². The molecule has 6 heteroatoms. The van der Waals surface area contributed by atoms with Crippen LogP contribution in [0.4, 0.5) is 5.69 Å². The third-order valence-electron chi connectivity index (χ3n) is 3.19. The summed E-state index contributed by atoms with van der Waals surface area (Å²) in [4.78, 5) is 16.5. The minimum Gasteiger partial charge on any atom is -0.483 e. The number of pyridine rings is 2. The summed E-state index contributed by atoms with van der Waals surface area (Å²) < 4.78 is 8.15. The highest BCUT2D eigenvalue weighted by atomic mass is 79.9. The number of aromatic nitrogens is 2. The van der Waals surface area contributed by atoms with E-state index in [1.807, 2.05) is 19.9 Å². The highest BCUT2D eigenvalue weighted by molar-refractivity contribution is 9.10. The molecule has 0 saturated carbocycles. The molecule has 0 radical (unpaired) electrons. The molecule has 108 valence electrons. The number of nitrogen functional groups attached to an aromatic ring is 1. The van der Waals surface area contributed by atoms with Crippen LogP contribution < -0.4 is 16.0 Å². The summed E-state index contributed by atoms with van der Waals surface area (Å²) in [5.41, 5.74) is 6.64. The van der Waals surface area contributed by atoms with Crippen molar-refractivity contribution < 1.29 is 4.74 Å². The molecule has 2 N–H and O–H groups in total. The third kappa shape index (κ3) is 2.47. The molecule has 0 fully saturated rings. The molecule has 0 unspecified atom stereocenters. The normalized spacial score (nSPS) is 15.9. The number of rotatable bonds is 1. The predicted octanol–water partition coefficient (Wildman–Crippen LogP) is 2.65. The SMILES string of the molecule is CC1(C)C=C(n2cc(Br)cc(N)c2=O)c2cnccc2O1. The molecular weight excluding hydrogens is 334 g/mol. The van der Waals surface area contributed by atoms with Gasteiger partial charge in [-0.2, -0.15) is 0 Å². The zero-order valence-corrected chi connectivity index (χ0v) is 13.2. The quantitative estimate of drug-likeness (QED) is 0.860. The van der Waals surface area contributed by atoms with Crippen LogP contribution in [0, 0.1) is 0 Å². The molecule has 2 aromatic rings. The minimum absolute atomic E-state index is 0.181. The Morgan fingerprint density at radius 1 is 1.43 bits per heavy atom. The van der Waals surface area contributed by atoms with E-state index in [-0.39, 0.29) is 11.2 Å². The lowest BCUT2D eigenvalue weighted by Crippen LogP contribution is -2.32. The predicted molar refractivity (Wildman–Crippen MR) is 85.1 cm³/mol. The molecule has 5 nitrogen and oxygen atoms in total. The molecule has 0 aromatic carbocycles. The highest BCUT2D eigenvalue weighted by Gasteiger charge is 2.28. The van der Waals surface area contributed by atoms with Crippen LogP contribution >= 0.6 is 15.9 Å². The molecule has 0 atom stereocenters. The molecule has 0 spiro atoms. The van der Waals surface area contributed by atoms with Gasteiger partial charge < -0.3 is 10.5 Å². The average molecular weight is 348 g/mol. The van der Waals surface area contributed by atoms with Crippen LogP contribution in [0.2, 0.25) is 0 Å². The zero-order valence-electron chi connectivity index (χ0n) is 11.6. The Hall–Kier alpha value is -2.08. The van der Waals surface area contributed by atoms with Crippen molar-refractivity contribution in [2.45, 2.75) is 19.4 Å². The fourth-order valence-electron chi connectivity index (χ4n) is 2.33. The first-order chi connectivity index (χ1) is 9.87. The maximum Gasteiger partial charge on any atom is 0.278 e. The van der Waals surface area contributed by atoms with Crippen molar-refractivity contribution in [3.8, 4) is 5.75 Å². The number of nitrogens with zero attached hydrogens (tertiary/aromatic N) is 2. The minimum atomic E-state index is -0.528. The lowest BCUT2D eigenvalue weighted by Gasteiger charge is -2.31. The Morgan fingerprint density at radius 3 is 2.95 bits per heavy atom. The van der Waals surface area contributed by atoms with Gasteiger partial charge in [-0.15, -0.1) is 0 Å². The van der Waals surface area contributed by atoms with Crippen molar-refractivity contribution in [2.75, 3.05) is 5.73 Å². The molecular formula is C15H14BrN3O2. The number of hydrogen-bond acceptors (Lipinski definition) is 4. The Labute approximate surface area is 130 Å². The second-order valence-electron chi connectivity index (χ2n) is 5.40. The standard InChI is InChI=1S/C15H14BrN3O2/c1-15(2)6-12(10-7-18-4-3-13(10)21-15)19-8-9(16)5-11(17)14(19)20/h3-8H,17H2,1-2H3. The van der Waals surface area contributed by atoms with Gasteiger partial charge in [-0.3, -0.25) is 14.3 Å². The van der Waals surface area contributed by atoms with Crippen LogP contribution in [0.1, 0.15) is 19.4 Å². The van der Waals surface area contributed by atoms with E-state index in [0.29, 0.717) is 11.4 Å². The molecule has 1 aliphatic rings. The first-order valence-electron chi connectivity index (χ1n) is 6.42. The zero-order chi connectivity index (χ0) is 15.2. The molecule has 1 aliphatic heterocycles. The van der Waals surface area contributed by atoms with Crippen molar-refractivity contribution in [3.63, 3.8) is 0 Å². The van der Waals surface area contributed by atoms with E-state index in [1.54, 1.807) is 30.7 Å². The number of nitrogens with two attached hydrogens (primary N) is 1. The van der Waals surface area contributed by atoms with Crippen molar-refractivity contribution in [2.24, 2.45) is 0 Å². The van der Waals surface area contributed by atoms with Gasteiger partial charge in [0, 0.05) is 23.1 Å². The van der Waals surface area contributed by atoms with Crippen LogP contribution in [-0.2, 0) is 0 Å². The van der Waals surface area contributed by atoms with Crippen molar-refractivity contribution >= 4 is 27.3 Å². The Bertz CT molecular complexity index is 809. The van der Waals surface area contributed by atoms with Crippen molar-refractivity contribution in [3.05, 3.63) is 57.2 Å². The van der Waals surface area contributed by atoms with Crippen LogP contribution in [0.15, 0.2) is 46.1 Å². The van der Waals surface area contributed by atoms with Crippen LogP contribution in [0.5, 0.6) is 5.75 Å². The topological polar surface area (TPSA) is 70.1 Å². The van der Waals surface area contributed by atoms with Gasteiger partial charge in [-0.1, -0.05) is 0 Å². The summed E-state index contributed by atoms with van der Waals surface area (Å²) in [6, 6.07) is 3.38. The Balaban J connectivity index is 2.30. The third-order valence-corrected chi connectivity index (χ3v) is 3.62. The maximum atomic E-state index is 12.4. The largest absolute Gasteiger partial charge is 0.483 e. The second kappa shape index (κ2) is 4.73. The van der Waals surface area contributed by atoms with Gasteiger partial charge in [0.1, 0.15) is 11.4 Å². The monoisotopic (exact) mass is 347 g/mol. The molecule has 0 bridgehead atoms. The lowest BCUT2D eigenvalue weighted by molar-refractivity contribution is 0.157. The Morgan fingerprint density at radius 2 is 2.19 bits per heavy atom. The average Bonchev–Trinajstić information content (AvgIpc) is 2.41. The van der Waals surface area contributed by atoms with Crippen molar-refractivity contribution in [1.29, 1.82) is 0 Å². The van der Waals surface area contributed by atoms with E-state index in [0.717, 1.165) is 10.0 Å². The second-order valence-corrected chi connectivity index (χ2v) is 6.31. The highest BCUT2D eigenvalue weighted by Crippen LogP contribution is 2.35. The molecule has 3 rings (SSSR count). The summed E-state index contributed by atoms with van der Waals surface area (Å²) in [6.07, 6.45) is 6.93. The maximum absolute atomic E-state index is 12.4. The smallest absolute Gasteiger partial charge is 0.278 e. The summed E-state index contributed by atoms with van der Waals surface area (Å²) in [5.74, 6) is 0.693. The van der Waals surface area contributed by atoms with Gasteiger partial charge in [0.05, 0.1) is 16.9 Å². The fraction of sp³-hybridized carbons (Fsp3) is 0.200. The number of fused-ring (bicyclic) bond motifs is 1. The Kier molecular flexibility index (Phi) is 3.13. The van der Waals surface area contributed by atoms with E-state index in [4.69, 9.17) is 10.5 Å². The van der Waals surface area contributed by atoms with Gasteiger partial charge in [0.25, 0.3) is 5.56 Å². The van der Waals surface area contributed by atoms with Gasteiger partial charge in [0.2, 0.25) is 0 Å². The number of halogens is 1. The van der Waals surface area contributed by atoms with Gasteiger partial charge >= 0.3 is 0 Å². The number of hydrogen-bond donors (Lipinski definition) is 1. The van der Waals surface area contributed by atoms with Crippen LogP contribution in [-0.4, -0.2) is 15.2 Å².